The summed E-state index contributed by atoms with van der Waals surface area (Å²) in [5.41, 5.74) is -0.700. The van der Waals surface area contributed by atoms with Gasteiger partial charge in [-0.25, -0.2) is 0 Å². The van der Waals surface area contributed by atoms with Gasteiger partial charge in [-0.2, -0.15) is 0 Å². The maximum absolute atomic E-state index is 12.6. The van der Waals surface area contributed by atoms with E-state index in [4.69, 9.17) is 0 Å². The van der Waals surface area contributed by atoms with Crippen LogP contribution in [0.1, 0.15) is 45.4 Å². The minimum atomic E-state index is -0.700. The minimum Gasteiger partial charge on any atom is -0.838 e. The molecule has 2 atom stereocenters. The molecule has 14 heavy (non-hydrogen) atoms. The summed E-state index contributed by atoms with van der Waals surface area (Å²) < 4.78 is 0. The topological polar surface area (TPSA) is 26.3 Å². The molecule has 2 rings (SSSR count). The van der Waals surface area contributed by atoms with Crippen molar-refractivity contribution < 1.29 is 24.0 Å². The standard InChI is InChI=1S/C11H20NO.Li/c1-10-6-2-3-7-11(10,13)12-8-4-5-9-12;/h10H,2-9H2,1H3;/q-1;+1. The number of likely N-dealkylation sites (tertiary alicyclic amines) is 1. The molecular formula is C11H20LiNO. The van der Waals surface area contributed by atoms with Crippen molar-refractivity contribution in [2.24, 2.45) is 5.92 Å². The van der Waals surface area contributed by atoms with Crippen LogP contribution in [0.15, 0.2) is 0 Å². The fourth-order valence-corrected chi connectivity index (χ4v) is 2.87. The number of hydrogen-bond donors (Lipinski definition) is 0. The zero-order chi connectivity index (χ0) is 9.31. The first-order valence-electron chi connectivity index (χ1n) is 5.69. The van der Waals surface area contributed by atoms with Crippen molar-refractivity contribution >= 4 is 0 Å². The smallest absolute Gasteiger partial charge is 0.838 e. The largest absolute Gasteiger partial charge is 1.00 e. The van der Waals surface area contributed by atoms with E-state index < -0.39 is 5.72 Å². The van der Waals surface area contributed by atoms with Crippen LogP contribution in [0.2, 0.25) is 0 Å². The number of rotatable bonds is 1. The Balaban J connectivity index is 0.000000980. The first-order chi connectivity index (χ1) is 6.23. The monoisotopic (exact) mass is 189 g/mol. The molecule has 1 aliphatic heterocycles. The quantitative estimate of drug-likeness (QED) is 0.462. The van der Waals surface area contributed by atoms with Gasteiger partial charge in [0.1, 0.15) is 0 Å². The van der Waals surface area contributed by atoms with E-state index in [-0.39, 0.29) is 18.9 Å². The summed E-state index contributed by atoms with van der Waals surface area (Å²) in [7, 11) is 0. The van der Waals surface area contributed by atoms with Crippen LogP contribution in [-0.4, -0.2) is 23.7 Å². The Hall–Kier alpha value is 0.517. The van der Waals surface area contributed by atoms with Crippen molar-refractivity contribution in [3.05, 3.63) is 0 Å². The van der Waals surface area contributed by atoms with Gasteiger partial charge in [0, 0.05) is 0 Å². The summed E-state index contributed by atoms with van der Waals surface area (Å²) >= 11 is 0. The molecule has 2 nitrogen and oxygen atoms in total. The van der Waals surface area contributed by atoms with Crippen molar-refractivity contribution in [2.75, 3.05) is 13.1 Å². The Kier molecular flexibility index (Phi) is 4.52. The van der Waals surface area contributed by atoms with Crippen molar-refractivity contribution in [3.8, 4) is 0 Å². The van der Waals surface area contributed by atoms with Gasteiger partial charge in [-0.1, -0.05) is 31.9 Å². The molecule has 1 saturated carbocycles. The summed E-state index contributed by atoms with van der Waals surface area (Å²) in [6.07, 6.45) is 6.89. The van der Waals surface area contributed by atoms with Crippen LogP contribution in [0.5, 0.6) is 0 Å². The second-order valence-corrected chi connectivity index (χ2v) is 4.69. The van der Waals surface area contributed by atoms with Crippen LogP contribution in [-0.2, 0) is 0 Å². The SMILES string of the molecule is CC1CCCCC1([O-])N1CCCC1.[Li+]. The second-order valence-electron chi connectivity index (χ2n) is 4.69. The van der Waals surface area contributed by atoms with E-state index in [9.17, 15) is 5.11 Å². The molecule has 1 saturated heterocycles. The van der Waals surface area contributed by atoms with Gasteiger partial charge in [0.2, 0.25) is 0 Å². The van der Waals surface area contributed by atoms with Crippen LogP contribution in [0.3, 0.4) is 0 Å². The third kappa shape index (κ3) is 2.19. The van der Waals surface area contributed by atoms with E-state index in [0.717, 1.165) is 32.4 Å². The molecule has 2 fully saturated rings. The van der Waals surface area contributed by atoms with Crippen LogP contribution >= 0.6 is 0 Å². The molecule has 0 bridgehead atoms. The molecule has 76 valence electrons. The molecule has 0 radical (unpaired) electrons. The van der Waals surface area contributed by atoms with Crippen LogP contribution < -0.4 is 24.0 Å². The zero-order valence-corrected chi connectivity index (χ0v) is 9.59. The van der Waals surface area contributed by atoms with Crippen molar-refractivity contribution in [2.45, 2.75) is 51.2 Å². The van der Waals surface area contributed by atoms with E-state index in [1.807, 2.05) is 0 Å². The van der Waals surface area contributed by atoms with Crippen LogP contribution in [0, 0.1) is 5.92 Å². The Morgan fingerprint density at radius 2 is 1.79 bits per heavy atom. The van der Waals surface area contributed by atoms with Gasteiger partial charge in [-0.15, -0.1) is 0 Å². The van der Waals surface area contributed by atoms with Gasteiger partial charge in [-0.05, 0) is 38.3 Å². The third-order valence-electron chi connectivity index (χ3n) is 3.83. The van der Waals surface area contributed by atoms with E-state index >= 15 is 0 Å². The maximum Gasteiger partial charge on any atom is 1.00 e. The Morgan fingerprint density at radius 1 is 1.14 bits per heavy atom. The summed E-state index contributed by atoms with van der Waals surface area (Å²) in [5.74, 6) is 0.361. The van der Waals surface area contributed by atoms with Crippen molar-refractivity contribution in [3.63, 3.8) is 0 Å². The van der Waals surface area contributed by atoms with Gasteiger partial charge in [-0.3, -0.25) is 0 Å². The molecule has 0 aromatic rings. The Bertz CT molecular complexity index is 182. The normalized spacial score (nSPS) is 39.4. The second kappa shape index (κ2) is 5.03. The molecule has 1 aliphatic carbocycles. The van der Waals surface area contributed by atoms with E-state index in [1.54, 1.807) is 0 Å². The minimum absolute atomic E-state index is 0. The average Bonchev–Trinajstić information content (AvgIpc) is 2.63. The van der Waals surface area contributed by atoms with Gasteiger partial charge < -0.3 is 10.0 Å². The fourth-order valence-electron chi connectivity index (χ4n) is 2.87. The summed E-state index contributed by atoms with van der Waals surface area (Å²) in [6, 6.07) is 0. The zero-order valence-electron chi connectivity index (χ0n) is 9.59. The van der Waals surface area contributed by atoms with Gasteiger partial charge in [0.05, 0.1) is 0 Å². The number of nitrogens with zero attached hydrogens (tertiary/aromatic N) is 1. The van der Waals surface area contributed by atoms with Gasteiger partial charge in [0.15, 0.2) is 0 Å². The predicted octanol–water partition coefficient (Wildman–Crippen LogP) is -1.65. The predicted molar refractivity (Wildman–Crippen MR) is 51.2 cm³/mol. The van der Waals surface area contributed by atoms with E-state index in [0.29, 0.717) is 5.92 Å². The molecular weight excluding hydrogens is 169 g/mol. The van der Waals surface area contributed by atoms with Crippen LogP contribution in [0.25, 0.3) is 0 Å². The van der Waals surface area contributed by atoms with Crippen molar-refractivity contribution in [1.82, 2.24) is 4.90 Å². The summed E-state index contributed by atoms with van der Waals surface area (Å²) in [4.78, 5) is 2.21. The molecule has 0 aromatic carbocycles. The van der Waals surface area contributed by atoms with Gasteiger partial charge >= 0.3 is 18.9 Å². The first kappa shape index (κ1) is 12.6. The molecule has 0 N–H and O–H groups in total. The molecule has 0 aromatic heterocycles. The number of hydrogen-bond acceptors (Lipinski definition) is 2. The fraction of sp³-hybridized carbons (Fsp3) is 1.00. The first-order valence-corrected chi connectivity index (χ1v) is 5.69. The summed E-state index contributed by atoms with van der Waals surface area (Å²) in [5, 5.41) is 12.6. The molecule has 0 spiro atoms. The Labute approximate surface area is 99.2 Å². The van der Waals surface area contributed by atoms with Crippen LogP contribution in [0.4, 0.5) is 0 Å². The maximum atomic E-state index is 12.6. The van der Waals surface area contributed by atoms with E-state index in [1.165, 1.54) is 19.3 Å². The average molecular weight is 189 g/mol. The molecule has 1 heterocycles. The molecule has 2 aliphatic rings. The molecule has 0 amide bonds. The van der Waals surface area contributed by atoms with E-state index in [2.05, 4.69) is 11.8 Å². The summed E-state index contributed by atoms with van der Waals surface area (Å²) in [6.45, 7) is 4.24. The third-order valence-corrected chi connectivity index (χ3v) is 3.83. The molecule has 3 heteroatoms. The van der Waals surface area contributed by atoms with Gasteiger partial charge in [0.25, 0.3) is 0 Å². The Morgan fingerprint density at radius 3 is 2.36 bits per heavy atom. The van der Waals surface area contributed by atoms with Crippen molar-refractivity contribution in [1.29, 1.82) is 0 Å². The molecule has 2 unspecified atom stereocenters.